The molecule has 2 rings (SSSR count). The summed E-state index contributed by atoms with van der Waals surface area (Å²) in [6.07, 6.45) is 0.252. The molecule has 0 spiro atoms. The number of hydrogen-bond donors (Lipinski definition) is 1. The average Bonchev–Trinajstić information content (AvgIpc) is 3.35. The molecule has 1 N–H and O–H groups in total. The fraction of sp³-hybridized carbons (Fsp3) is 0.522. The van der Waals surface area contributed by atoms with Gasteiger partial charge < -0.3 is 24.3 Å². The normalized spacial score (nSPS) is 16.9. The fourth-order valence-corrected chi connectivity index (χ4v) is 3.81. The Morgan fingerprint density at radius 1 is 0.971 bits per heavy atom. The number of amides is 2. The number of nitrogens with zero attached hydrogens (tertiary/aromatic N) is 1. The van der Waals surface area contributed by atoms with Crippen molar-refractivity contribution in [3.63, 3.8) is 0 Å². The Morgan fingerprint density at radius 3 is 2.12 bits per heavy atom. The van der Waals surface area contributed by atoms with Gasteiger partial charge in [0.2, 0.25) is 5.91 Å². The Labute approximate surface area is 197 Å². The Morgan fingerprint density at radius 2 is 1.56 bits per heavy atom. The predicted octanol–water partition coefficient (Wildman–Crippen LogP) is 1.04. The molecule has 0 saturated carbocycles. The van der Waals surface area contributed by atoms with Crippen molar-refractivity contribution in [3.8, 4) is 0 Å². The third kappa shape index (κ3) is 6.46. The van der Waals surface area contributed by atoms with Crippen LogP contribution in [0.2, 0.25) is 0 Å². The van der Waals surface area contributed by atoms with Gasteiger partial charge in [-0.15, -0.1) is 0 Å². The molecule has 11 nitrogen and oxygen atoms in total. The number of carbonyl (C=O) groups is 5. The molecular weight excluding hydrogens is 448 g/mol. The first-order valence-electron chi connectivity index (χ1n) is 10.8. The molecule has 186 valence electrons. The van der Waals surface area contributed by atoms with E-state index in [4.69, 9.17) is 9.47 Å². The quantitative estimate of drug-likeness (QED) is 0.313. The van der Waals surface area contributed by atoms with Gasteiger partial charge in [0.05, 0.1) is 21.3 Å². The van der Waals surface area contributed by atoms with Gasteiger partial charge >= 0.3 is 24.0 Å². The van der Waals surface area contributed by atoms with Gasteiger partial charge in [-0.05, 0) is 18.4 Å². The zero-order valence-corrected chi connectivity index (χ0v) is 19.6. The van der Waals surface area contributed by atoms with Crippen LogP contribution in [-0.4, -0.2) is 74.8 Å². The van der Waals surface area contributed by atoms with Crippen LogP contribution < -0.4 is 5.32 Å². The molecule has 1 aliphatic heterocycles. The molecule has 1 saturated heterocycles. The predicted molar refractivity (Wildman–Crippen MR) is 117 cm³/mol. The fourth-order valence-electron chi connectivity index (χ4n) is 3.81. The molecule has 1 aromatic rings. The molecule has 1 aliphatic rings. The molecule has 34 heavy (non-hydrogen) atoms. The summed E-state index contributed by atoms with van der Waals surface area (Å²) in [5.74, 6) is -5.88. The highest BCUT2D eigenvalue weighted by atomic mass is 16.6. The minimum absolute atomic E-state index is 0.0479. The van der Waals surface area contributed by atoms with Crippen molar-refractivity contribution in [3.05, 3.63) is 35.9 Å². The van der Waals surface area contributed by atoms with E-state index < -0.39 is 53.8 Å². The summed E-state index contributed by atoms with van der Waals surface area (Å²) in [5, 5.41) is 2.53. The first-order valence-corrected chi connectivity index (χ1v) is 10.8. The molecule has 3 atom stereocenters. The van der Waals surface area contributed by atoms with Crippen LogP contribution in [0.4, 0.5) is 4.79 Å². The molecular formula is C23H30N2O9. The zero-order valence-electron chi connectivity index (χ0n) is 19.6. The number of ether oxygens (including phenoxy) is 4. The number of benzene rings is 1. The van der Waals surface area contributed by atoms with E-state index in [1.807, 2.05) is 30.3 Å². The Kier molecular flexibility index (Phi) is 9.84. The summed E-state index contributed by atoms with van der Waals surface area (Å²) < 4.78 is 19.4. The molecule has 1 heterocycles. The summed E-state index contributed by atoms with van der Waals surface area (Å²) >= 11 is 0. The van der Waals surface area contributed by atoms with Crippen LogP contribution in [0.15, 0.2) is 30.3 Å². The molecule has 0 unspecified atom stereocenters. The SMILES string of the molecule is COC(=O)C(C(=O)OC)[C@@H](C)[C@H](NC(=O)[C@H]1CCCN1C(=O)OCc1ccccc1)C(=O)OC. The van der Waals surface area contributed by atoms with Crippen LogP contribution in [0.25, 0.3) is 0 Å². The van der Waals surface area contributed by atoms with Gasteiger partial charge in [0.15, 0.2) is 5.92 Å². The number of nitrogens with one attached hydrogen (secondary N) is 1. The van der Waals surface area contributed by atoms with Crippen molar-refractivity contribution in [2.45, 2.75) is 38.5 Å². The van der Waals surface area contributed by atoms with Crippen molar-refractivity contribution >= 4 is 29.9 Å². The number of carbonyl (C=O) groups excluding carboxylic acids is 5. The lowest BCUT2D eigenvalue weighted by atomic mass is 9.87. The summed E-state index contributed by atoms with van der Waals surface area (Å²) in [6.45, 7) is 1.77. The zero-order chi connectivity index (χ0) is 25.3. The standard InChI is InChI=1S/C23H30N2O9/c1-14(17(20(27)31-2)21(28)32-3)18(22(29)33-4)24-19(26)16-11-8-12-25(16)23(30)34-13-15-9-6-5-7-10-15/h5-7,9-10,14,16-18H,8,11-13H2,1-4H3,(H,24,26)/t14-,16-,18+/m1/s1. The molecule has 11 heteroatoms. The van der Waals surface area contributed by atoms with Crippen molar-refractivity contribution in [2.24, 2.45) is 11.8 Å². The number of methoxy groups -OCH3 is 3. The van der Waals surface area contributed by atoms with E-state index in [2.05, 4.69) is 14.8 Å². The number of likely N-dealkylation sites (tertiary alicyclic amines) is 1. The third-order valence-corrected chi connectivity index (χ3v) is 5.71. The molecule has 0 bridgehead atoms. The Bertz CT molecular complexity index is 874. The van der Waals surface area contributed by atoms with Crippen molar-refractivity contribution < 1.29 is 42.9 Å². The number of rotatable bonds is 9. The van der Waals surface area contributed by atoms with Gasteiger partial charge in [0.1, 0.15) is 18.7 Å². The monoisotopic (exact) mass is 478 g/mol. The summed E-state index contributed by atoms with van der Waals surface area (Å²) in [6, 6.07) is 6.83. The van der Waals surface area contributed by atoms with Gasteiger partial charge in [-0.25, -0.2) is 9.59 Å². The van der Waals surface area contributed by atoms with Crippen LogP contribution in [0, 0.1) is 11.8 Å². The third-order valence-electron chi connectivity index (χ3n) is 5.71. The highest BCUT2D eigenvalue weighted by molar-refractivity contribution is 5.97. The summed E-state index contributed by atoms with van der Waals surface area (Å²) in [7, 11) is 3.30. The lowest BCUT2D eigenvalue weighted by Gasteiger charge is -2.29. The van der Waals surface area contributed by atoms with Crippen LogP contribution in [0.1, 0.15) is 25.3 Å². The van der Waals surface area contributed by atoms with E-state index in [1.54, 1.807) is 0 Å². The molecule has 1 fully saturated rings. The molecule has 1 aromatic carbocycles. The lowest BCUT2D eigenvalue weighted by Crippen LogP contribution is -2.55. The Hall–Kier alpha value is -3.63. The second-order valence-electron chi connectivity index (χ2n) is 7.78. The van der Waals surface area contributed by atoms with E-state index in [1.165, 1.54) is 11.8 Å². The second kappa shape index (κ2) is 12.6. The molecule has 0 radical (unpaired) electrons. The largest absolute Gasteiger partial charge is 0.468 e. The minimum Gasteiger partial charge on any atom is -0.468 e. The number of hydrogen-bond acceptors (Lipinski definition) is 9. The van der Waals surface area contributed by atoms with Gasteiger partial charge in [0, 0.05) is 12.5 Å². The maximum absolute atomic E-state index is 13.1. The van der Waals surface area contributed by atoms with Gasteiger partial charge in [-0.3, -0.25) is 19.3 Å². The van der Waals surface area contributed by atoms with Gasteiger partial charge in [-0.1, -0.05) is 37.3 Å². The van der Waals surface area contributed by atoms with Crippen molar-refractivity contribution in [2.75, 3.05) is 27.9 Å². The highest BCUT2D eigenvalue weighted by Crippen LogP contribution is 2.23. The maximum atomic E-state index is 13.1. The summed E-state index contributed by atoms with van der Waals surface area (Å²) in [4.78, 5) is 63.8. The average molecular weight is 478 g/mol. The number of esters is 3. The smallest absolute Gasteiger partial charge is 0.410 e. The van der Waals surface area contributed by atoms with E-state index in [0.29, 0.717) is 19.4 Å². The first-order chi connectivity index (χ1) is 16.2. The van der Waals surface area contributed by atoms with E-state index in [-0.39, 0.29) is 6.61 Å². The van der Waals surface area contributed by atoms with E-state index in [0.717, 1.165) is 26.9 Å². The molecule has 2 amide bonds. The lowest BCUT2D eigenvalue weighted by molar-refractivity contribution is -0.163. The van der Waals surface area contributed by atoms with Gasteiger partial charge in [0.25, 0.3) is 0 Å². The van der Waals surface area contributed by atoms with Crippen LogP contribution >= 0.6 is 0 Å². The van der Waals surface area contributed by atoms with Crippen molar-refractivity contribution in [1.82, 2.24) is 10.2 Å². The van der Waals surface area contributed by atoms with Crippen molar-refractivity contribution in [1.29, 1.82) is 0 Å². The molecule has 0 aliphatic carbocycles. The van der Waals surface area contributed by atoms with E-state index in [9.17, 15) is 24.0 Å². The van der Waals surface area contributed by atoms with Crippen LogP contribution in [0.5, 0.6) is 0 Å². The second-order valence-corrected chi connectivity index (χ2v) is 7.78. The maximum Gasteiger partial charge on any atom is 0.410 e. The first kappa shape index (κ1) is 26.6. The van der Waals surface area contributed by atoms with Crippen LogP contribution in [0.3, 0.4) is 0 Å². The Balaban J connectivity index is 2.14. The topological polar surface area (TPSA) is 138 Å². The minimum atomic E-state index is -1.48. The molecule has 0 aromatic heterocycles. The van der Waals surface area contributed by atoms with Crippen LogP contribution in [-0.2, 0) is 44.7 Å². The highest BCUT2D eigenvalue weighted by Gasteiger charge is 2.44. The summed E-state index contributed by atoms with van der Waals surface area (Å²) in [5.41, 5.74) is 0.798. The van der Waals surface area contributed by atoms with E-state index >= 15 is 0 Å². The van der Waals surface area contributed by atoms with Gasteiger partial charge in [-0.2, -0.15) is 0 Å².